The number of hydrogen-bond donors (Lipinski definition) is 1. The third-order valence-corrected chi connectivity index (χ3v) is 4.84. The summed E-state index contributed by atoms with van der Waals surface area (Å²) in [5.74, 6) is 2.72. The normalized spacial score (nSPS) is 24.4. The molecular weight excluding hydrogens is 246 g/mol. The molecule has 1 saturated carbocycles. The molecule has 0 heterocycles. The first-order valence-electron chi connectivity index (χ1n) is 8.10. The van der Waals surface area contributed by atoms with Crippen molar-refractivity contribution in [3.8, 4) is 5.75 Å². The lowest BCUT2D eigenvalue weighted by atomic mass is 9.75. The molecule has 2 rings (SSSR count). The summed E-state index contributed by atoms with van der Waals surface area (Å²) in [7, 11) is 3.85. The standard InChI is InChI=1S/C18H29NO/c1-4-7-14-10-12-15(13-11-14)18(19-2)16-8-5-6-9-17(16)20-3/h5-6,8-9,14-15,18-19H,4,7,10-13H2,1-3H3. The van der Waals surface area contributed by atoms with E-state index in [4.69, 9.17) is 4.74 Å². The molecule has 1 N–H and O–H groups in total. The van der Waals surface area contributed by atoms with Gasteiger partial charge in [-0.15, -0.1) is 0 Å². The molecule has 1 unspecified atom stereocenters. The second-order valence-electron chi connectivity index (χ2n) is 6.08. The predicted octanol–water partition coefficient (Wildman–Crippen LogP) is 4.56. The Kier molecular flexibility index (Phi) is 5.90. The molecule has 0 spiro atoms. The first-order valence-corrected chi connectivity index (χ1v) is 8.10. The highest BCUT2D eigenvalue weighted by Gasteiger charge is 2.28. The highest BCUT2D eigenvalue weighted by Crippen LogP contribution is 2.40. The Bertz CT molecular complexity index is 396. The molecule has 1 atom stereocenters. The van der Waals surface area contributed by atoms with Crippen LogP contribution in [0.1, 0.15) is 57.1 Å². The highest BCUT2D eigenvalue weighted by atomic mass is 16.5. The summed E-state index contributed by atoms with van der Waals surface area (Å²) in [5.41, 5.74) is 1.32. The zero-order valence-electron chi connectivity index (χ0n) is 13.2. The fraction of sp³-hybridized carbons (Fsp3) is 0.667. The third kappa shape index (κ3) is 3.54. The fourth-order valence-corrected chi connectivity index (χ4v) is 3.79. The number of hydrogen-bond acceptors (Lipinski definition) is 2. The van der Waals surface area contributed by atoms with E-state index < -0.39 is 0 Å². The summed E-state index contributed by atoms with van der Waals surface area (Å²) in [4.78, 5) is 0. The van der Waals surface area contributed by atoms with Crippen LogP contribution in [0.5, 0.6) is 5.75 Å². The lowest BCUT2D eigenvalue weighted by molar-refractivity contribution is 0.217. The molecule has 0 radical (unpaired) electrons. The van der Waals surface area contributed by atoms with Crippen molar-refractivity contribution in [2.24, 2.45) is 11.8 Å². The zero-order chi connectivity index (χ0) is 14.4. The number of methoxy groups -OCH3 is 1. The number of nitrogens with one attached hydrogen (secondary N) is 1. The van der Waals surface area contributed by atoms with Crippen molar-refractivity contribution < 1.29 is 4.74 Å². The second kappa shape index (κ2) is 7.68. The van der Waals surface area contributed by atoms with Gasteiger partial charge in [0.25, 0.3) is 0 Å². The van der Waals surface area contributed by atoms with E-state index in [1.54, 1.807) is 7.11 Å². The topological polar surface area (TPSA) is 21.3 Å². The van der Waals surface area contributed by atoms with E-state index in [0.29, 0.717) is 6.04 Å². The smallest absolute Gasteiger partial charge is 0.123 e. The molecule has 2 nitrogen and oxygen atoms in total. The maximum absolute atomic E-state index is 5.54. The molecule has 1 fully saturated rings. The molecule has 1 aromatic rings. The lowest BCUT2D eigenvalue weighted by Gasteiger charge is -2.34. The number of ether oxygens (including phenoxy) is 1. The average molecular weight is 275 g/mol. The molecule has 1 aliphatic carbocycles. The van der Waals surface area contributed by atoms with Crippen LogP contribution in [0.2, 0.25) is 0 Å². The van der Waals surface area contributed by atoms with Crippen molar-refractivity contribution in [1.82, 2.24) is 5.32 Å². The van der Waals surface area contributed by atoms with Crippen LogP contribution in [0.4, 0.5) is 0 Å². The van der Waals surface area contributed by atoms with Gasteiger partial charge in [0, 0.05) is 11.6 Å². The van der Waals surface area contributed by atoms with Crippen molar-refractivity contribution in [2.75, 3.05) is 14.2 Å². The molecule has 0 saturated heterocycles. The quantitative estimate of drug-likeness (QED) is 0.821. The van der Waals surface area contributed by atoms with E-state index in [1.165, 1.54) is 44.1 Å². The SMILES string of the molecule is CCCC1CCC(C(NC)c2ccccc2OC)CC1. The van der Waals surface area contributed by atoms with Crippen molar-refractivity contribution >= 4 is 0 Å². The van der Waals surface area contributed by atoms with Crippen LogP contribution >= 0.6 is 0 Å². The number of benzene rings is 1. The van der Waals surface area contributed by atoms with E-state index in [0.717, 1.165) is 17.6 Å². The maximum atomic E-state index is 5.54. The van der Waals surface area contributed by atoms with Gasteiger partial charge in [-0.3, -0.25) is 0 Å². The molecule has 0 amide bonds. The van der Waals surface area contributed by atoms with E-state index in [2.05, 4.69) is 37.5 Å². The summed E-state index contributed by atoms with van der Waals surface area (Å²) < 4.78 is 5.54. The van der Waals surface area contributed by atoms with Gasteiger partial charge in [-0.25, -0.2) is 0 Å². The van der Waals surface area contributed by atoms with Gasteiger partial charge in [0.2, 0.25) is 0 Å². The minimum atomic E-state index is 0.425. The number of rotatable bonds is 6. The Morgan fingerprint density at radius 2 is 1.90 bits per heavy atom. The lowest BCUT2D eigenvalue weighted by Crippen LogP contribution is -2.29. The summed E-state index contributed by atoms with van der Waals surface area (Å²) in [6, 6.07) is 8.87. The number of para-hydroxylation sites is 1. The summed E-state index contributed by atoms with van der Waals surface area (Å²) in [6.45, 7) is 2.30. The van der Waals surface area contributed by atoms with Crippen LogP contribution in [0.3, 0.4) is 0 Å². The first-order chi connectivity index (χ1) is 9.80. The molecule has 1 aromatic carbocycles. The third-order valence-electron chi connectivity index (χ3n) is 4.84. The summed E-state index contributed by atoms with van der Waals surface area (Å²) in [5, 5.41) is 3.53. The van der Waals surface area contributed by atoms with Gasteiger partial charge in [-0.1, -0.05) is 50.8 Å². The minimum Gasteiger partial charge on any atom is -0.496 e. The molecule has 0 aliphatic heterocycles. The maximum Gasteiger partial charge on any atom is 0.123 e. The Hall–Kier alpha value is -1.02. The summed E-state index contributed by atoms with van der Waals surface area (Å²) in [6.07, 6.45) is 8.21. The van der Waals surface area contributed by atoms with E-state index in [9.17, 15) is 0 Å². The van der Waals surface area contributed by atoms with Crippen LogP contribution < -0.4 is 10.1 Å². The fourth-order valence-electron chi connectivity index (χ4n) is 3.79. The van der Waals surface area contributed by atoms with Gasteiger partial charge in [-0.2, -0.15) is 0 Å². The molecule has 20 heavy (non-hydrogen) atoms. The van der Waals surface area contributed by atoms with Gasteiger partial charge in [0.05, 0.1) is 7.11 Å². The van der Waals surface area contributed by atoms with Gasteiger partial charge in [0.1, 0.15) is 5.75 Å². The monoisotopic (exact) mass is 275 g/mol. The minimum absolute atomic E-state index is 0.425. The molecule has 2 heteroatoms. The summed E-state index contributed by atoms with van der Waals surface area (Å²) >= 11 is 0. The van der Waals surface area contributed by atoms with Crippen LogP contribution in [0.25, 0.3) is 0 Å². The Balaban J connectivity index is 2.06. The van der Waals surface area contributed by atoms with Crippen molar-refractivity contribution in [3.05, 3.63) is 29.8 Å². The average Bonchev–Trinajstić information content (AvgIpc) is 2.50. The molecule has 0 bridgehead atoms. The molecule has 112 valence electrons. The van der Waals surface area contributed by atoms with Crippen molar-refractivity contribution in [1.29, 1.82) is 0 Å². The van der Waals surface area contributed by atoms with Gasteiger partial charge in [0.15, 0.2) is 0 Å². The van der Waals surface area contributed by atoms with Crippen molar-refractivity contribution in [3.63, 3.8) is 0 Å². The Labute approximate surface area is 123 Å². The van der Waals surface area contributed by atoms with E-state index in [-0.39, 0.29) is 0 Å². The van der Waals surface area contributed by atoms with Crippen molar-refractivity contribution in [2.45, 2.75) is 51.5 Å². The van der Waals surface area contributed by atoms with Gasteiger partial charge < -0.3 is 10.1 Å². The Morgan fingerprint density at radius 1 is 1.20 bits per heavy atom. The van der Waals surface area contributed by atoms with E-state index in [1.807, 2.05) is 6.07 Å². The second-order valence-corrected chi connectivity index (χ2v) is 6.08. The predicted molar refractivity (Wildman–Crippen MR) is 85.2 cm³/mol. The molecule has 0 aromatic heterocycles. The van der Waals surface area contributed by atoms with Gasteiger partial charge in [-0.05, 0) is 37.8 Å². The van der Waals surface area contributed by atoms with Crippen LogP contribution in [-0.4, -0.2) is 14.2 Å². The van der Waals surface area contributed by atoms with Crippen LogP contribution in [0.15, 0.2) is 24.3 Å². The van der Waals surface area contributed by atoms with Crippen LogP contribution in [0, 0.1) is 11.8 Å². The zero-order valence-corrected chi connectivity index (χ0v) is 13.2. The van der Waals surface area contributed by atoms with Crippen LogP contribution in [-0.2, 0) is 0 Å². The molecule has 1 aliphatic rings. The first kappa shape index (κ1) is 15.4. The van der Waals surface area contributed by atoms with Gasteiger partial charge >= 0.3 is 0 Å². The largest absolute Gasteiger partial charge is 0.496 e. The Morgan fingerprint density at radius 3 is 2.50 bits per heavy atom. The molecular formula is C18H29NO. The highest BCUT2D eigenvalue weighted by molar-refractivity contribution is 5.36. The van der Waals surface area contributed by atoms with E-state index >= 15 is 0 Å².